The minimum atomic E-state index is -3.91. The monoisotopic (exact) mass is 522 g/mol. The molecule has 0 aromatic carbocycles. The average molecular weight is 523 g/mol. The summed E-state index contributed by atoms with van der Waals surface area (Å²) in [5.41, 5.74) is -0.789. The molecule has 3 aliphatic rings. The highest BCUT2D eigenvalue weighted by Gasteiger charge is 2.69. The van der Waals surface area contributed by atoms with Gasteiger partial charge in [0.1, 0.15) is 12.1 Å². The van der Waals surface area contributed by atoms with E-state index < -0.39 is 39.5 Å². The molecule has 2 aliphatic heterocycles. The normalized spacial score (nSPS) is 29.0. The molecule has 36 heavy (non-hydrogen) atoms. The van der Waals surface area contributed by atoms with Crippen LogP contribution < -0.4 is 10.6 Å². The van der Waals surface area contributed by atoms with Gasteiger partial charge in [-0.3, -0.25) is 14.4 Å². The molecule has 2 heterocycles. The first-order chi connectivity index (χ1) is 16.5. The van der Waals surface area contributed by atoms with E-state index in [4.69, 9.17) is 0 Å². The summed E-state index contributed by atoms with van der Waals surface area (Å²) in [5, 5.41) is 15.2. The van der Waals surface area contributed by atoms with Gasteiger partial charge in [0.05, 0.1) is 12.0 Å². The second kappa shape index (κ2) is 9.74. The van der Waals surface area contributed by atoms with Crippen LogP contribution in [0.15, 0.2) is 4.40 Å². The Morgan fingerprint density at radius 3 is 2.50 bits per heavy atom. The predicted molar refractivity (Wildman–Crippen MR) is 134 cm³/mol. The van der Waals surface area contributed by atoms with Gasteiger partial charge in [-0.25, -0.2) is 0 Å². The molecule has 6 atom stereocenters. The van der Waals surface area contributed by atoms with E-state index in [0.717, 1.165) is 4.31 Å². The maximum atomic E-state index is 13.8. The van der Waals surface area contributed by atoms with Gasteiger partial charge in [0, 0.05) is 39.3 Å². The molecular formula is C24H38N6O5S. The second-order valence-corrected chi connectivity index (χ2v) is 13.8. The highest BCUT2D eigenvalue weighted by molar-refractivity contribution is 7.87. The topological polar surface area (TPSA) is 152 Å². The zero-order valence-electron chi connectivity index (χ0n) is 22.1. The molecule has 200 valence electrons. The van der Waals surface area contributed by atoms with Crippen molar-refractivity contribution in [2.24, 2.45) is 38.9 Å². The lowest BCUT2D eigenvalue weighted by molar-refractivity contribution is -0.144. The number of hydrogen-bond donors (Lipinski definition) is 2. The number of carbonyl (C=O) groups excluding carboxylic acids is 3. The third kappa shape index (κ3) is 5.42. The summed E-state index contributed by atoms with van der Waals surface area (Å²) in [6.07, 6.45) is 1.99. The summed E-state index contributed by atoms with van der Waals surface area (Å²) in [4.78, 5) is 40.7. The van der Waals surface area contributed by atoms with Gasteiger partial charge in [-0.2, -0.15) is 22.4 Å². The number of hydrogen-bond acceptors (Lipinski definition) is 6. The molecule has 12 heteroatoms. The van der Waals surface area contributed by atoms with Crippen LogP contribution in [0.25, 0.3) is 0 Å². The Morgan fingerprint density at radius 2 is 2.00 bits per heavy atom. The van der Waals surface area contributed by atoms with E-state index >= 15 is 0 Å². The first kappa shape index (κ1) is 28.1. The molecule has 1 aliphatic carbocycles. The molecule has 2 unspecified atom stereocenters. The zero-order valence-corrected chi connectivity index (χ0v) is 22.9. The molecule has 2 saturated heterocycles. The number of nitriles is 1. The van der Waals surface area contributed by atoms with Crippen molar-refractivity contribution in [3.63, 3.8) is 0 Å². The van der Waals surface area contributed by atoms with Crippen LogP contribution >= 0.6 is 0 Å². The van der Waals surface area contributed by atoms with Crippen LogP contribution in [0.4, 0.5) is 0 Å². The molecule has 3 fully saturated rings. The number of nitrogens with one attached hydrogen (secondary N) is 2. The van der Waals surface area contributed by atoms with Crippen LogP contribution in [0.5, 0.6) is 0 Å². The third-order valence-corrected chi connectivity index (χ3v) is 9.23. The Bertz CT molecular complexity index is 1090. The van der Waals surface area contributed by atoms with Crippen LogP contribution in [0.3, 0.4) is 0 Å². The molecule has 0 aromatic rings. The molecule has 1 saturated carbocycles. The van der Waals surface area contributed by atoms with E-state index in [0.29, 0.717) is 19.5 Å². The Labute approximate surface area is 213 Å². The summed E-state index contributed by atoms with van der Waals surface area (Å²) >= 11 is 0. The van der Waals surface area contributed by atoms with Gasteiger partial charge in [-0.05, 0) is 35.5 Å². The standard InChI is InChI=1S/C24H38N6O5S/c1-23(2,3)16(12-27-36(34,35)29(6)7)22(33)30-13-17-18(24(17,4)5)19(30)21(32)28-15(11-25)10-14-8-9-26-20(14)31/h12,14-19H,8-10,13H2,1-7H3,(H,26,31)(H,28,32)/t14-,15-,16?,17-,18?,19-/m0/s1. The Balaban J connectivity index is 1.84. The number of piperidine rings is 1. The van der Waals surface area contributed by atoms with Crippen LogP contribution in [-0.4, -0.2) is 80.8 Å². The Kier molecular flexibility index (Phi) is 7.59. The minimum Gasteiger partial charge on any atom is -0.356 e. The van der Waals surface area contributed by atoms with Crippen LogP contribution in [0.2, 0.25) is 0 Å². The van der Waals surface area contributed by atoms with Gasteiger partial charge in [0.2, 0.25) is 17.7 Å². The number of carbonyl (C=O) groups is 3. The molecule has 3 rings (SSSR count). The van der Waals surface area contributed by atoms with Crippen molar-refractivity contribution in [2.75, 3.05) is 27.2 Å². The molecular weight excluding hydrogens is 484 g/mol. The van der Waals surface area contributed by atoms with Crippen molar-refractivity contribution in [1.29, 1.82) is 5.26 Å². The van der Waals surface area contributed by atoms with Gasteiger partial charge < -0.3 is 15.5 Å². The van der Waals surface area contributed by atoms with Gasteiger partial charge in [0.15, 0.2) is 0 Å². The molecule has 2 N–H and O–H groups in total. The fourth-order valence-corrected chi connectivity index (χ4v) is 5.90. The van der Waals surface area contributed by atoms with E-state index in [2.05, 4.69) is 34.9 Å². The predicted octanol–water partition coefficient (Wildman–Crippen LogP) is 0.543. The first-order valence-electron chi connectivity index (χ1n) is 12.3. The number of fused-ring (bicyclic) bond motifs is 1. The fourth-order valence-electron chi connectivity index (χ4n) is 5.44. The molecule has 0 radical (unpaired) electrons. The number of nitrogens with zero attached hydrogens (tertiary/aromatic N) is 4. The van der Waals surface area contributed by atoms with Crippen molar-refractivity contribution in [3.8, 4) is 6.07 Å². The summed E-state index contributed by atoms with van der Waals surface area (Å²) in [7, 11) is -1.19. The van der Waals surface area contributed by atoms with Crippen molar-refractivity contribution in [3.05, 3.63) is 0 Å². The van der Waals surface area contributed by atoms with Gasteiger partial charge >= 0.3 is 10.2 Å². The van der Waals surface area contributed by atoms with Crippen molar-refractivity contribution in [1.82, 2.24) is 19.8 Å². The van der Waals surface area contributed by atoms with Gasteiger partial charge in [0.25, 0.3) is 0 Å². The maximum Gasteiger partial charge on any atom is 0.321 e. The average Bonchev–Trinajstić information content (AvgIpc) is 3.10. The fraction of sp³-hybridized carbons (Fsp3) is 0.792. The van der Waals surface area contributed by atoms with Crippen LogP contribution in [0, 0.1) is 45.8 Å². The summed E-state index contributed by atoms with van der Waals surface area (Å²) < 4.78 is 29.1. The zero-order chi connectivity index (χ0) is 27.2. The van der Waals surface area contributed by atoms with Gasteiger partial charge in [-0.1, -0.05) is 34.6 Å². The number of rotatable bonds is 8. The number of likely N-dealkylation sites (tertiary alicyclic amines) is 1. The highest BCUT2D eigenvalue weighted by atomic mass is 32.2. The first-order valence-corrected chi connectivity index (χ1v) is 13.7. The van der Waals surface area contributed by atoms with Crippen LogP contribution in [-0.2, 0) is 24.6 Å². The summed E-state index contributed by atoms with van der Waals surface area (Å²) in [6, 6.07) is 0.448. The lowest BCUT2D eigenvalue weighted by Crippen LogP contribution is -2.54. The second-order valence-electron chi connectivity index (χ2n) is 12.0. The van der Waals surface area contributed by atoms with E-state index in [9.17, 15) is 28.1 Å². The molecule has 0 spiro atoms. The molecule has 11 nitrogen and oxygen atoms in total. The van der Waals surface area contributed by atoms with E-state index in [1.54, 1.807) is 0 Å². The largest absolute Gasteiger partial charge is 0.356 e. The van der Waals surface area contributed by atoms with Crippen LogP contribution in [0.1, 0.15) is 47.5 Å². The Hall–Kier alpha value is -2.52. The lowest BCUT2D eigenvalue weighted by Gasteiger charge is -2.36. The lowest BCUT2D eigenvalue weighted by atomic mass is 9.80. The summed E-state index contributed by atoms with van der Waals surface area (Å²) in [6.45, 7) is 10.5. The Morgan fingerprint density at radius 1 is 1.36 bits per heavy atom. The number of amides is 3. The van der Waals surface area contributed by atoms with Crippen molar-refractivity contribution >= 4 is 34.1 Å². The molecule has 0 aromatic heterocycles. The van der Waals surface area contributed by atoms with Crippen molar-refractivity contribution in [2.45, 2.75) is 59.5 Å². The quantitative estimate of drug-likeness (QED) is 0.444. The van der Waals surface area contributed by atoms with Gasteiger partial charge in [-0.15, -0.1) is 0 Å². The third-order valence-electron chi connectivity index (χ3n) is 7.92. The molecule has 3 amide bonds. The van der Waals surface area contributed by atoms with E-state index in [1.165, 1.54) is 25.2 Å². The highest BCUT2D eigenvalue weighted by Crippen LogP contribution is 2.65. The SMILES string of the molecule is CN(C)S(=O)(=O)N=CC(C(=O)N1C[C@H]2C([C@H]1C(=O)N[C@H](C#N)C[C@@H]1CCNC1=O)C2(C)C)C(C)(C)C. The summed E-state index contributed by atoms with van der Waals surface area (Å²) in [5.74, 6) is -2.06. The maximum absolute atomic E-state index is 13.8. The minimum absolute atomic E-state index is 0.0707. The molecule has 0 bridgehead atoms. The smallest absolute Gasteiger partial charge is 0.321 e. The van der Waals surface area contributed by atoms with Crippen molar-refractivity contribution < 1.29 is 22.8 Å². The van der Waals surface area contributed by atoms with E-state index in [-0.39, 0.29) is 41.4 Å². The van der Waals surface area contributed by atoms with E-state index in [1.807, 2.05) is 20.8 Å².